The van der Waals surface area contributed by atoms with Crippen LogP contribution < -0.4 is 0 Å². The van der Waals surface area contributed by atoms with Crippen LogP contribution >= 0.6 is 11.6 Å². The van der Waals surface area contributed by atoms with Gasteiger partial charge in [-0.15, -0.1) is 11.6 Å². The number of nitrogens with zero attached hydrogens (tertiary/aromatic N) is 1. The largest absolute Gasteiger partial charge is 0.478 e. The van der Waals surface area contributed by atoms with E-state index >= 15 is 0 Å². The number of rotatable bonds is 3. The van der Waals surface area contributed by atoms with E-state index in [1.807, 2.05) is 0 Å². The number of aromatic carboxylic acids is 1. The molecule has 0 spiro atoms. The number of carboxylic acids is 1. The van der Waals surface area contributed by atoms with E-state index in [0.717, 1.165) is 12.3 Å². The number of hydrogen-bond acceptors (Lipinski definition) is 2. The smallest absolute Gasteiger partial charge is 0.338 e. The highest BCUT2D eigenvalue weighted by Crippen LogP contribution is 2.09. The van der Waals surface area contributed by atoms with Gasteiger partial charge < -0.3 is 5.11 Å². The molecule has 5 heteroatoms. The molecular formula is C9H7ClFNO2. The van der Waals surface area contributed by atoms with Gasteiger partial charge in [0, 0.05) is 5.88 Å². The molecule has 14 heavy (non-hydrogen) atoms. The lowest BCUT2D eigenvalue weighted by Gasteiger charge is -1.97. The first-order valence-corrected chi connectivity index (χ1v) is 4.30. The highest BCUT2D eigenvalue weighted by Gasteiger charge is 2.10. The molecule has 3 nitrogen and oxygen atoms in total. The van der Waals surface area contributed by atoms with E-state index in [0.29, 0.717) is 11.6 Å². The SMILES string of the molecule is O=C(O)c1cc(C=CCCl)ncc1F. The molecule has 0 radical (unpaired) electrons. The summed E-state index contributed by atoms with van der Waals surface area (Å²) in [6.07, 6.45) is 3.99. The number of carbonyl (C=O) groups is 1. The molecule has 0 fully saturated rings. The molecule has 74 valence electrons. The molecule has 0 aromatic carbocycles. The average Bonchev–Trinajstić information content (AvgIpc) is 2.16. The number of allylic oxidation sites excluding steroid dienone is 1. The molecule has 1 aromatic rings. The highest BCUT2D eigenvalue weighted by molar-refractivity contribution is 6.19. The maximum absolute atomic E-state index is 12.8. The number of pyridine rings is 1. The first-order valence-electron chi connectivity index (χ1n) is 3.76. The van der Waals surface area contributed by atoms with Gasteiger partial charge in [-0.3, -0.25) is 4.98 Å². The number of hydrogen-bond donors (Lipinski definition) is 1. The summed E-state index contributed by atoms with van der Waals surface area (Å²) in [4.78, 5) is 14.2. The van der Waals surface area contributed by atoms with Crippen molar-refractivity contribution in [3.8, 4) is 0 Å². The lowest BCUT2D eigenvalue weighted by atomic mass is 10.2. The summed E-state index contributed by atoms with van der Waals surface area (Å²) in [5.74, 6) is -1.87. The van der Waals surface area contributed by atoms with E-state index in [1.54, 1.807) is 6.08 Å². The van der Waals surface area contributed by atoms with Gasteiger partial charge in [0.15, 0.2) is 5.82 Å². The Kier molecular flexibility index (Phi) is 3.59. The van der Waals surface area contributed by atoms with Crippen molar-refractivity contribution in [2.45, 2.75) is 0 Å². The van der Waals surface area contributed by atoms with Gasteiger partial charge in [-0.2, -0.15) is 0 Å². The van der Waals surface area contributed by atoms with Crippen LogP contribution in [-0.2, 0) is 0 Å². The predicted octanol–water partition coefficient (Wildman–Crippen LogP) is 2.17. The summed E-state index contributed by atoms with van der Waals surface area (Å²) < 4.78 is 12.8. The molecule has 0 saturated carbocycles. The van der Waals surface area contributed by atoms with E-state index in [9.17, 15) is 9.18 Å². The van der Waals surface area contributed by atoms with Crippen molar-refractivity contribution < 1.29 is 14.3 Å². The van der Waals surface area contributed by atoms with Crippen LogP contribution in [0.2, 0.25) is 0 Å². The number of aromatic nitrogens is 1. The summed E-state index contributed by atoms with van der Waals surface area (Å²) in [7, 11) is 0. The van der Waals surface area contributed by atoms with Gasteiger partial charge in [0.1, 0.15) is 0 Å². The summed E-state index contributed by atoms with van der Waals surface area (Å²) in [5.41, 5.74) is -0.0290. The van der Waals surface area contributed by atoms with Crippen LogP contribution in [-0.4, -0.2) is 21.9 Å². The van der Waals surface area contributed by atoms with Crippen LogP contribution in [0.5, 0.6) is 0 Å². The Hall–Kier alpha value is -1.42. The molecule has 0 unspecified atom stereocenters. The van der Waals surface area contributed by atoms with Crippen molar-refractivity contribution in [3.05, 3.63) is 35.4 Å². The van der Waals surface area contributed by atoms with Crippen molar-refractivity contribution >= 4 is 23.6 Å². The van der Waals surface area contributed by atoms with Gasteiger partial charge in [0.05, 0.1) is 17.5 Å². The molecular weight excluding hydrogens is 209 g/mol. The van der Waals surface area contributed by atoms with Crippen molar-refractivity contribution in [2.24, 2.45) is 0 Å². The molecule has 1 N–H and O–H groups in total. The Bertz CT molecular complexity index is 379. The second kappa shape index (κ2) is 4.72. The normalized spacial score (nSPS) is 10.7. The minimum Gasteiger partial charge on any atom is -0.478 e. The minimum atomic E-state index is -1.31. The zero-order valence-corrected chi connectivity index (χ0v) is 7.83. The molecule has 1 heterocycles. The van der Waals surface area contributed by atoms with E-state index < -0.39 is 17.3 Å². The third kappa shape index (κ3) is 2.53. The fraction of sp³-hybridized carbons (Fsp3) is 0.111. The third-order valence-electron chi connectivity index (χ3n) is 1.48. The Balaban J connectivity index is 3.06. The van der Waals surface area contributed by atoms with Crippen LogP contribution in [0.4, 0.5) is 4.39 Å². The van der Waals surface area contributed by atoms with Crippen molar-refractivity contribution in [2.75, 3.05) is 5.88 Å². The molecule has 0 aliphatic carbocycles. The van der Waals surface area contributed by atoms with Crippen LogP contribution in [0.15, 0.2) is 18.3 Å². The maximum atomic E-state index is 12.8. The van der Waals surface area contributed by atoms with Gasteiger partial charge in [-0.25, -0.2) is 9.18 Å². The fourth-order valence-corrected chi connectivity index (χ4v) is 0.964. The van der Waals surface area contributed by atoms with Crippen LogP contribution in [0.3, 0.4) is 0 Å². The second-order valence-corrected chi connectivity index (χ2v) is 2.76. The van der Waals surface area contributed by atoms with Gasteiger partial charge in [-0.05, 0) is 12.1 Å². The first kappa shape index (κ1) is 10.7. The molecule has 0 aliphatic rings. The number of alkyl halides is 1. The molecule has 1 aromatic heterocycles. The van der Waals surface area contributed by atoms with E-state index in [-0.39, 0.29) is 0 Å². The van der Waals surface area contributed by atoms with Crippen LogP contribution in [0, 0.1) is 5.82 Å². The van der Waals surface area contributed by atoms with Gasteiger partial charge in [0.2, 0.25) is 0 Å². The quantitative estimate of drug-likeness (QED) is 0.787. The summed E-state index contributed by atoms with van der Waals surface area (Å²) >= 11 is 5.38. The predicted molar refractivity (Wildman–Crippen MR) is 50.9 cm³/mol. The van der Waals surface area contributed by atoms with Crippen LogP contribution in [0.1, 0.15) is 16.1 Å². The summed E-state index contributed by atoms with van der Waals surface area (Å²) in [5, 5.41) is 8.60. The van der Waals surface area contributed by atoms with Crippen LogP contribution in [0.25, 0.3) is 6.08 Å². The minimum absolute atomic E-state index is 0.293. The van der Waals surface area contributed by atoms with Gasteiger partial charge >= 0.3 is 5.97 Å². The van der Waals surface area contributed by atoms with Crippen molar-refractivity contribution in [3.63, 3.8) is 0 Å². The molecule has 0 saturated heterocycles. The lowest BCUT2D eigenvalue weighted by molar-refractivity contribution is 0.0691. The Labute approximate surface area is 84.8 Å². The highest BCUT2D eigenvalue weighted by atomic mass is 35.5. The first-order chi connectivity index (χ1) is 6.65. The Morgan fingerprint density at radius 3 is 3.00 bits per heavy atom. The van der Waals surface area contributed by atoms with Gasteiger partial charge in [0.25, 0.3) is 0 Å². The second-order valence-electron chi connectivity index (χ2n) is 2.45. The van der Waals surface area contributed by atoms with Crippen molar-refractivity contribution in [1.29, 1.82) is 0 Å². The maximum Gasteiger partial charge on any atom is 0.338 e. The molecule has 1 rings (SSSR count). The zero-order valence-electron chi connectivity index (χ0n) is 7.08. The molecule has 0 bridgehead atoms. The standard InChI is InChI=1S/C9H7ClFNO2/c10-3-1-2-6-4-7(9(13)14)8(11)5-12-6/h1-2,4-5H,3H2,(H,13,14). The third-order valence-corrected chi connectivity index (χ3v) is 1.66. The average molecular weight is 216 g/mol. The van der Waals surface area contributed by atoms with E-state index in [1.165, 1.54) is 6.08 Å². The Morgan fingerprint density at radius 1 is 1.71 bits per heavy atom. The topological polar surface area (TPSA) is 50.2 Å². The number of carboxylic acid groups (broad SMARTS) is 1. The lowest BCUT2D eigenvalue weighted by Crippen LogP contribution is -2.01. The molecule has 0 amide bonds. The zero-order chi connectivity index (χ0) is 10.6. The van der Waals surface area contributed by atoms with E-state index in [2.05, 4.69) is 4.98 Å². The molecule has 0 atom stereocenters. The van der Waals surface area contributed by atoms with E-state index in [4.69, 9.17) is 16.7 Å². The Morgan fingerprint density at radius 2 is 2.43 bits per heavy atom. The van der Waals surface area contributed by atoms with Crippen molar-refractivity contribution in [1.82, 2.24) is 4.98 Å². The fourth-order valence-electron chi connectivity index (χ4n) is 0.875. The monoisotopic (exact) mass is 215 g/mol. The molecule has 0 aliphatic heterocycles. The van der Waals surface area contributed by atoms with Gasteiger partial charge in [-0.1, -0.05) is 6.08 Å². The number of halogens is 2. The summed E-state index contributed by atoms with van der Waals surface area (Å²) in [6, 6.07) is 1.15. The summed E-state index contributed by atoms with van der Waals surface area (Å²) in [6.45, 7) is 0.